The van der Waals surface area contributed by atoms with Crippen LogP contribution in [-0.2, 0) is 11.2 Å². The largest absolute Gasteiger partial charge is 0.294 e. The van der Waals surface area contributed by atoms with E-state index in [0.29, 0.717) is 12.0 Å². The third-order valence-electron chi connectivity index (χ3n) is 3.67. The molecule has 1 aliphatic carbocycles. The molecule has 2 aromatic rings. The van der Waals surface area contributed by atoms with E-state index in [1.165, 1.54) is 0 Å². The normalized spacial score (nSPS) is 17.4. The molecule has 2 nitrogen and oxygen atoms in total. The molecule has 2 aromatic carbocycles. The van der Waals surface area contributed by atoms with Crippen LogP contribution in [0.3, 0.4) is 0 Å². The van der Waals surface area contributed by atoms with E-state index in [-0.39, 0.29) is 11.7 Å². The number of nitriles is 1. The van der Waals surface area contributed by atoms with Gasteiger partial charge in [-0.05, 0) is 34.9 Å². The van der Waals surface area contributed by atoms with Gasteiger partial charge in [-0.15, -0.1) is 0 Å². The second-order valence-electron chi connectivity index (χ2n) is 4.88. The van der Waals surface area contributed by atoms with Crippen molar-refractivity contribution in [2.45, 2.75) is 6.42 Å². The monoisotopic (exact) mass is 259 g/mol. The topological polar surface area (TPSA) is 40.9 Å². The minimum absolute atomic E-state index is 0.101. The standard InChI is InChI=1S/C18H13NO/c19-12-15-10-9-13-5-1-3-7-16(13)17(15)11-14-6-2-4-8-18(14)20/h1-10,14H,11H2. The summed E-state index contributed by atoms with van der Waals surface area (Å²) in [6.07, 6.45) is 7.73. The molecule has 3 rings (SSSR count). The van der Waals surface area contributed by atoms with Crippen LogP contribution in [-0.4, -0.2) is 5.78 Å². The highest BCUT2D eigenvalue weighted by Crippen LogP contribution is 2.26. The number of nitrogens with zero attached hydrogens (tertiary/aromatic N) is 1. The number of hydrogen-bond donors (Lipinski definition) is 0. The smallest absolute Gasteiger partial charge is 0.162 e. The van der Waals surface area contributed by atoms with Crippen molar-refractivity contribution >= 4 is 16.6 Å². The molecular weight excluding hydrogens is 246 g/mol. The van der Waals surface area contributed by atoms with E-state index < -0.39 is 0 Å². The highest BCUT2D eigenvalue weighted by atomic mass is 16.1. The molecule has 0 fully saturated rings. The highest BCUT2D eigenvalue weighted by molar-refractivity contribution is 5.95. The van der Waals surface area contributed by atoms with Gasteiger partial charge in [-0.2, -0.15) is 5.26 Å². The van der Waals surface area contributed by atoms with Crippen LogP contribution in [0.4, 0.5) is 0 Å². The molecule has 1 aliphatic rings. The molecule has 0 heterocycles. The summed E-state index contributed by atoms with van der Waals surface area (Å²) < 4.78 is 0. The van der Waals surface area contributed by atoms with Crippen molar-refractivity contribution in [2.75, 3.05) is 0 Å². The fourth-order valence-electron chi connectivity index (χ4n) is 2.62. The molecule has 1 unspecified atom stereocenters. The average molecular weight is 259 g/mol. The van der Waals surface area contributed by atoms with Crippen LogP contribution in [0.25, 0.3) is 10.8 Å². The number of carbonyl (C=O) groups is 1. The Kier molecular flexibility index (Phi) is 3.18. The SMILES string of the molecule is N#Cc1ccc2ccccc2c1CC1C=CC=CC1=O. The molecule has 0 aliphatic heterocycles. The third-order valence-corrected chi connectivity index (χ3v) is 3.67. The number of allylic oxidation sites excluding steroid dienone is 4. The Hall–Kier alpha value is -2.66. The van der Waals surface area contributed by atoms with Gasteiger partial charge in [0.1, 0.15) is 0 Å². The first-order valence-corrected chi connectivity index (χ1v) is 6.59. The number of hydrogen-bond acceptors (Lipinski definition) is 2. The summed E-state index contributed by atoms with van der Waals surface area (Å²) in [5.74, 6) is -0.0674. The quantitative estimate of drug-likeness (QED) is 0.827. The van der Waals surface area contributed by atoms with Gasteiger partial charge in [0.25, 0.3) is 0 Å². The molecule has 0 N–H and O–H groups in total. The Morgan fingerprint density at radius 2 is 1.95 bits per heavy atom. The highest BCUT2D eigenvalue weighted by Gasteiger charge is 2.18. The second-order valence-corrected chi connectivity index (χ2v) is 4.88. The summed E-state index contributed by atoms with van der Waals surface area (Å²) in [6, 6.07) is 14.0. The molecule has 96 valence electrons. The van der Waals surface area contributed by atoms with Gasteiger partial charge in [0, 0.05) is 5.92 Å². The van der Waals surface area contributed by atoms with E-state index in [2.05, 4.69) is 6.07 Å². The van der Waals surface area contributed by atoms with Crippen molar-refractivity contribution in [3.63, 3.8) is 0 Å². The first kappa shape index (κ1) is 12.4. The Balaban J connectivity index is 2.10. The molecule has 2 heteroatoms. The van der Waals surface area contributed by atoms with Gasteiger partial charge in [0.05, 0.1) is 11.6 Å². The number of benzene rings is 2. The van der Waals surface area contributed by atoms with E-state index >= 15 is 0 Å². The summed E-state index contributed by atoms with van der Waals surface area (Å²) in [5, 5.41) is 11.5. The van der Waals surface area contributed by atoms with Crippen molar-refractivity contribution in [2.24, 2.45) is 5.92 Å². The van der Waals surface area contributed by atoms with Gasteiger partial charge < -0.3 is 0 Å². The molecule has 1 atom stereocenters. The molecule has 0 bridgehead atoms. The Bertz CT molecular complexity index is 778. The lowest BCUT2D eigenvalue weighted by Crippen LogP contribution is -2.15. The van der Waals surface area contributed by atoms with Gasteiger partial charge >= 0.3 is 0 Å². The summed E-state index contributed by atoms with van der Waals surface area (Å²) in [5.41, 5.74) is 1.61. The number of carbonyl (C=O) groups excluding carboxylic acids is 1. The first-order chi connectivity index (χ1) is 9.79. The zero-order valence-corrected chi connectivity index (χ0v) is 10.9. The fourth-order valence-corrected chi connectivity index (χ4v) is 2.62. The zero-order valence-electron chi connectivity index (χ0n) is 10.9. The molecule has 0 amide bonds. The predicted molar refractivity (Wildman–Crippen MR) is 79.1 cm³/mol. The summed E-state index contributed by atoms with van der Waals surface area (Å²) >= 11 is 0. The first-order valence-electron chi connectivity index (χ1n) is 6.59. The van der Waals surface area contributed by atoms with Crippen molar-refractivity contribution in [3.05, 3.63) is 71.8 Å². The maximum atomic E-state index is 11.9. The minimum Gasteiger partial charge on any atom is -0.294 e. The summed E-state index contributed by atoms with van der Waals surface area (Å²) in [7, 11) is 0. The number of ketones is 1. The molecule has 20 heavy (non-hydrogen) atoms. The van der Waals surface area contributed by atoms with E-state index in [1.807, 2.05) is 48.6 Å². The Labute approximate surface area is 117 Å². The van der Waals surface area contributed by atoms with Crippen LogP contribution in [0.5, 0.6) is 0 Å². The van der Waals surface area contributed by atoms with Crippen LogP contribution in [0.1, 0.15) is 11.1 Å². The van der Waals surface area contributed by atoms with Gasteiger partial charge in [-0.25, -0.2) is 0 Å². The average Bonchev–Trinajstić information content (AvgIpc) is 2.50. The van der Waals surface area contributed by atoms with Gasteiger partial charge in [-0.1, -0.05) is 48.6 Å². The Morgan fingerprint density at radius 3 is 2.75 bits per heavy atom. The van der Waals surface area contributed by atoms with E-state index in [4.69, 9.17) is 0 Å². The molecule has 0 spiro atoms. The lowest BCUT2D eigenvalue weighted by Gasteiger charge is -2.15. The van der Waals surface area contributed by atoms with Gasteiger partial charge in [-0.3, -0.25) is 4.79 Å². The predicted octanol–water partition coefficient (Wildman–Crippen LogP) is 3.57. The van der Waals surface area contributed by atoms with E-state index in [9.17, 15) is 10.1 Å². The van der Waals surface area contributed by atoms with E-state index in [1.54, 1.807) is 12.2 Å². The van der Waals surface area contributed by atoms with Crippen molar-refractivity contribution in [3.8, 4) is 6.07 Å². The van der Waals surface area contributed by atoms with E-state index in [0.717, 1.165) is 16.3 Å². The van der Waals surface area contributed by atoms with Crippen molar-refractivity contribution < 1.29 is 4.79 Å². The molecule has 0 saturated carbocycles. The second kappa shape index (κ2) is 5.14. The van der Waals surface area contributed by atoms with Crippen LogP contribution >= 0.6 is 0 Å². The lowest BCUT2D eigenvalue weighted by atomic mass is 9.87. The molecule has 0 saturated heterocycles. The number of rotatable bonds is 2. The number of fused-ring (bicyclic) bond motifs is 1. The zero-order chi connectivity index (χ0) is 13.9. The van der Waals surface area contributed by atoms with Crippen LogP contribution in [0.2, 0.25) is 0 Å². The van der Waals surface area contributed by atoms with Crippen LogP contribution < -0.4 is 0 Å². The van der Waals surface area contributed by atoms with Gasteiger partial charge in [0.2, 0.25) is 0 Å². The summed E-state index contributed by atoms with van der Waals surface area (Å²) in [4.78, 5) is 11.9. The fraction of sp³-hybridized carbons (Fsp3) is 0.111. The van der Waals surface area contributed by atoms with Gasteiger partial charge in [0.15, 0.2) is 5.78 Å². The van der Waals surface area contributed by atoms with Crippen LogP contribution in [0.15, 0.2) is 60.7 Å². The third kappa shape index (κ3) is 2.15. The van der Waals surface area contributed by atoms with Crippen LogP contribution in [0, 0.1) is 17.2 Å². The Morgan fingerprint density at radius 1 is 1.10 bits per heavy atom. The molecular formula is C18H13NO. The summed E-state index contributed by atoms with van der Waals surface area (Å²) in [6.45, 7) is 0. The lowest BCUT2D eigenvalue weighted by molar-refractivity contribution is -0.117. The maximum Gasteiger partial charge on any atom is 0.162 e. The maximum absolute atomic E-state index is 11.9. The minimum atomic E-state index is -0.169. The molecule has 0 aromatic heterocycles. The van der Waals surface area contributed by atoms with Crippen molar-refractivity contribution in [1.82, 2.24) is 0 Å². The molecule has 0 radical (unpaired) electrons. The van der Waals surface area contributed by atoms with Crippen molar-refractivity contribution in [1.29, 1.82) is 5.26 Å².